The van der Waals surface area contributed by atoms with Crippen molar-refractivity contribution in [2.24, 2.45) is 0 Å². The minimum Gasteiger partial charge on any atom is -0.454 e. The smallest absolute Gasteiger partial charge is 0.243 e. The van der Waals surface area contributed by atoms with Gasteiger partial charge in [-0.2, -0.15) is 4.31 Å². The first-order valence-corrected chi connectivity index (χ1v) is 9.65. The molecule has 2 aliphatic rings. The van der Waals surface area contributed by atoms with E-state index in [1.165, 1.54) is 0 Å². The third-order valence-electron chi connectivity index (χ3n) is 4.67. The number of sulfonamides is 1. The van der Waals surface area contributed by atoms with Gasteiger partial charge in [0.25, 0.3) is 0 Å². The van der Waals surface area contributed by atoms with E-state index in [0.717, 1.165) is 5.56 Å². The molecule has 1 fully saturated rings. The van der Waals surface area contributed by atoms with Crippen LogP contribution in [0.3, 0.4) is 0 Å². The molecular formula is C18H20N2O4S. The van der Waals surface area contributed by atoms with Crippen molar-refractivity contribution in [3.8, 4) is 11.5 Å². The summed E-state index contributed by atoms with van der Waals surface area (Å²) < 4.78 is 38.8. The van der Waals surface area contributed by atoms with E-state index in [2.05, 4.69) is 4.90 Å². The number of likely N-dealkylation sites (N-methyl/N-ethyl adjacent to an activating group) is 1. The Bertz CT molecular complexity index is 870. The topological polar surface area (TPSA) is 59.1 Å². The summed E-state index contributed by atoms with van der Waals surface area (Å²) in [6.45, 7) is 1.94. The molecule has 0 spiro atoms. The number of fused-ring (bicyclic) bond motifs is 1. The van der Waals surface area contributed by atoms with Crippen LogP contribution in [0.2, 0.25) is 0 Å². The zero-order valence-electron chi connectivity index (χ0n) is 14.0. The van der Waals surface area contributed by atoms with Crippen LogP contribution in [-0.2, 0) is 10.0 Å². The van der Waals surface area contributed by atoms with Crippen LogP contribution in [0.25, 0.3) is 0 Å². The average molecular weight is 360 g/mol. The van der Waals surface area contributed by atoms with E-state index in [4.69, 9.17) is 9.47 Å². The highest BCUT2D eigenvalue weighted by Crippen LogP contribution is 2.37. The minimum atomic E-state index is -3.63. The highest BCUT2D eigenvalue weighted by Gasteiger charge is 2.36. The summed E-state index contributed by atoms with van der Waals surface area (Å²) in [6.07, 6.45) is 0. The van der Waals surface area contributed by atoms with Crippen LogP contribution in [-0.4, -0.2) is 51.1 Å². The Kier molecular flexibility index (Phi) is 4.15. The van der Waals surface area contributed by atoms with Gasteiger partial charge in [-0.15, -0.1) is 0 Å². The molecule has 0 N–H and O–H groups in total. The number of piperazine rings is 1. The molecule has 7 heteroatoms. The summed E-state index contributed by atoms with van der Waals surface area (Å²) in [5.41, 5.74) is 0.998. The van der Waals surface area contributed by atoms with Gasteiger partial charge in [-0.05, 0) is 24.7 Å². The minimum absolute atomic E-state index is 0.125. The molecule has 25 heavy (non-hydrogen) atoms. The first-order chi connectivity index (χ1) is 12.1. The van der Waals surface area contributed by atoms with Gasteiger partial charge in [0.2, 0.25) is 16.8 Å². The number of nitrogens with zero attached hydrogens (tertiary/aromatic N) is 2. The van der Waals surface area contributed by atoms with E-state index in [0.29, 0.717) is 31.1 Å². The van der Waals surface area contributed by atoms with E-state index in [9.17, 15) is 8.42 Å². The van der Waals surface area contributed by atoms with Crippen LogP contribution >= 0.6 is 0 Å². The molecule has 0 aliphatic carbocycles. The van der Waals surface area contributed by atoms with Crippen LogP contribution in [0, 0.1) is 0 Å². The van der Waals surface area contributed by atoms with Crippen LogP contribution < -0.4 is 9.47 Å². The molecular weight excluding hydrogens is 340 g/mol. The van der Waals surface area contributed by atoms with Crippen molar-refractivity contribution in [3.63, 3.8) is 0 Å². The predicted octanol–water partition coefficient (Wildman–Crippen LogP) is 2.09. The molecule has 0 bridgehead atoms. The molecule has 132 valence electrons. The van der Waals surface area contributed by atoms with Gasteiger partial charge >= 0.3 is 0 Å². The largest absolute Gasteiger partial charge is 0.454 e. The van der Waals surface area contributed by atoms with Gasteiger partial charge in [-0.25, -0.2) is 8.42 Å². The first-order valence-electron chi connectivity index (χ1n) is 8.21. The first kappa shape index (κ1) is 16.4. The molecule has 1 atom stereocenters. The molecule has 2 aromatic carbocycles. The predicted molar refractivity (Wildman–Crippen MR) is 93.1 cm³/mol. The Morgan fingerprint density at radius 3 is 2.56 bits per heavy atom. The fourth-order valence-electron chi connectivity index (χ4n) is 3.31. The van der Waals surface area contributed by atoms with Gasteiger partial charge in [0.1, 0.15) is 0 Å². The summed E-state index contributed by atoms with van der Waals surface area (Å²) in [6, 6.07) is 14.4. The molecule has 0 aromatic heterocycles. The molecule has 2 heterocycles. The fraction of sp³-hybridized carbons (Fsp3) is 0.333. The number of ether oxygens (including phenoxy) is 2. The lowest BCUT2D eigenvalue weighted by Gasteiger charge is -2.39. The molecule has 0 amide bonds. The molecule has 1 unspecified atom stereocenters. The Balaban J connectivity index is 1.72. The van der Waals surface area contributed by atoms with Crippen LogP contribution in [0.5, 0.6) is 11.5 Å². The quantitative estimate of drug-likeness (QED) is 0.839. The molecule has 0 radical (unpaired) electrons. The summed E-state index contributed by atoms with van der Waals surface area (Å²) in [4.78, 5) is 2.39. The van der Waals surface area contributed by atoms with E-state index in [-0.39, 0.29) is 17.7 Å². The molecule has 0 saturated carbocycles. The van der Waals surface area contributed by atoms with Gasteiger partial charge in [-0.3, -0.25) is 0 Å². The third kappa shape index (κ3) is 2.99. The van der Waals surface area contributed by atoms with Crippen molar-refractivity contribution in [2.75, 3.05) is 33.5 Å². The lowest BCUT2D eigenvalue weighted by atomic mass is 10.1. The van der Waals surface area contributed by atoms with Crippen LogP contribution in [0.15, 0.2) is 53.4 Å². The van der Waals surface area contributed by atoms with Crippen molar-refractivity contribution in [1.29, 1.82) is 0 Å². The number of rotatable bonds is 3. The summed E-state index contributed by atoms with van der Waals surface area (Å²) in [7, 11) is -1.62. The van der Waals surface area contributed by atoms with Gasteiger partial charge in [0, 0.05) is 25.7 Å². The maximum Gasteiger partial charge on any atom is 0.243 e. The Labute approximate surface area is 147 Å². The maximum atomic E-state index is 13.3. The standard InChI is InChI=1S/C18H20N2O4S/c1-19-9-10-20(16(12-19)14-5-3-2-4-6-14)25(21,22)15-7-8-17-18(11-15)24-13-23-17/h2-8,11,16H,9-10,12-13H2,1H3. The Hall–Kier alpha value is -2.09. The number of hydrogen-bond donors (Lipinski definition) is 0. The average Bonchev–Trinajstić information content (AvgIpc) is 3.10. The van der Waals surface area contributed by atoms with Crippen molar-refractivity contribution >= 4 is 10.0 Å². The van der Waals surface area contributed by atoms with Gasteiger partial charge in [0.05, 0.1) is 10.9 Å². The Morgan fingerprint density at radius 1 is 1.00 bits per heavy atom. The normalized spacial score (nSPS) is 21.4. The highest BCUT2D eigenvalue weighted by molar-refractivity contribution is 7.89. The highest BCUT2D eigenvalue weighted by atomic mass is 32.2. The van der Waals surface area contributed by atoms with Gasteiger partial charge in [0.15, 0.2) is 11.5 Å². The van der Waals surface area contributed by atoms with E-state index >= 15 is 0 Å². The van der Waals surface area contributed by atoms with Crippen molar-refractivity contribution in [1.82, 2.24) is 9.21 Å². The fourth-order valence-corrected chi connectivity index (χ4v) is 4.92. The second kappa shape index (κ2) is 6.33. The second-order valence-corrected chi connectivity index (χ2v) is 8.21. The van der Waals surface area contributed by atoms with Crippen molar-refractivity contribution in [3.05, 3.63) is 54.1 Å². The molecule has 2 aromatic rings. The van der Waals surface area contributed by atoms with Crippen molar-refractivity contribution in [2.45, 2.75) is 10.9 Å². The third-order valence-corrected chi connectivity index (χ3v) is 6.57. The summed E-state index contributed by atoms with van der Waals surface area (Å²) in [5.74, 6) is 1.06. The van der Waals surface area contributed by atoms with Crippen LogP contribution in [0.4, 0.5) is 0 Å². The van der Waals surface area contributed by atoms with Gasteiger partial charge in [-0.1, -0.05) is 30.3 Å². The molecule has 6 nitrogen and oxygen atoms in total. The van der Waals surface area contributed by atoms with Gasteiger partial charge < -0.3 is 14.4 Å². The molecule has 1 saturated heterocycles. The SMILES string of the molecule is CN1CCN(S(=O)(=O)c2ccc3c(c2)OCO3)C(c2ccccc2)C1. The van der Waals surface area contributed by atoms with E-state index in [1.807, 2.05) is 37.4 Å². The Morgan fingerprint density at radius 2 is 1.76 bits per heavy atom. The zero-order chi connectivity index (χ0) is 17.4. The summed E-state index contributed by atoms with van der Waals surface area (Å²) in [5, 5.41) is 0. The maximum absolute atomic E-state index is 13.3. The van der Waals surface area contributed by atoms with Crippen LogP contribution in [0.1, 0.15) is 11.6 Å². The lowest BCUT2D eigenvalue weighted by molar-refractivity contribution is 0.160. The van der Waals surface area contributed by atoms with E-state index in [1.54, 1.807) is 22.5 Å². The van der Waals surface area contributed by atoms with E-state index < -0.39 is 10.0 Å². The van der Waals surface area contributed by atoms with Crippen molar-refractivity contribution < 1.29 is 17.9 Å². The lowest BCUT2D eigenvalue weighted by Crippen LogP contribution is -2.49. The zero-order valence-corrected chi connectivity index (χ0v) is 14.8. The molecule has 2 aliphatic heterocycles. The molecule has 4 rings (SSSR count). The monoisotopic (exact) mass is 360 g/mol. The number of benzene rings is 2. The summed E-state index contributed by atoms with van der Waals surface area (Å²) >= 11 is 0. The number of hydrogen-bond acceptors (Lipinski definition) is 5. The second-order valence-electron chi connectivity index (χ2n) is 6.32.